The van der Waals surface area contributed by atoms with Crippen molar-refractivity contribution in [3.8, 4) is 0 Å². The van der Waals surface area contributed by atoms with Crippen molar-refractivity contribution in [1.29, 1.82) is 0 Å². The van der Waals surface area contributed by atoms with E-state index in [4.69, 9.17) is 4.74 Å². The van der Waals surface area contributed by atoms with Crippen LogP contribution in [0.3, 0.4) is 0 Å². The molecule has 2 rings (SSSR count). The van der Waals surface area contributed by atoms with Crippen molar-refractivity contribution in [3.63, 3.8) is 0 Å². The van der Waals surface area contributed by atoms with E-state index in [1.165, 1.54) is 11.3 Å². The number of carbonyl (C=O) groups excluding carboxylic acids is 1. The molecule has 16 heavy (non-hydrogen) atoms. The quantitative estimate of drug-likeness (QED) is 0.804. The molecule has 1 unspecified atom stereocenters. The number of esters is 1. The molecule has 0 fully saturated rings. The number of carbonyl (C=O) groups is 1. The van der Waals surface area contributed by atoms with Gasteiger partial charge in [0.15, 0.2) is 6.04 Å². The summed E-state index contributed by atoms with van der Waals surface area (Å²) in [6.45, 7) is 4.14. The SMILES string of the molecule is CC(C)CC1N=C(c2ccc(Br)s2)OC1=O. The molecule has 0 amide bonds. The molecule has 0 spiro atoms. The lowest BCUT2D eigenvalue weighted by Gasteiger charge is -2.05. The predicted molar refractivity (Wildman–Crippen MR) is 67.9 cm³/mol. The predicted octanol–water partition coefficient (Wildman–Crippen LogP) is 3.23. The zero-order valence-corrected chi connectivity index (χ0v) is 11.5. The van der Waals surface area contributed by atoms with Crippen LogP contribution in [0.5, 0.6) is 0 Å². The van der Waals surface area contributed by atoms with E-state index in [2.05, 4.69) is 34.8 Å². The summed E-state index contributed by atoms with van der Waals surface area (Å²) in [5.41, 5.74) is 0. The Morgan fingerprint density at radius 1 is 1.56 bits per heavy atom. The monoisotopic (exact) mass is 301 g/mol. The molecule has 0 radical (unpaired) electrons. The minimum Gasteiger partial charge on any atom is -0.405 e. The Hall–Kier alpha value is -0.680. The third kappa shape index (κ3) is 2.52. The molecule has 3 nitrogen and oxygen atoms in total. The van der Waals surface area contributed by atoms with E-state index in [9.17, 15) is 4.79 Å². The van der Waals surface area contributed by atoms with Gasteiger partial charge in [-0.3, -0.25) is 0 Å². The highest BCUT2D eigenvalue weighted by atomic mass is 79.9. The number of halogens is 1. The van der Waals surface area contributed by atoms with Gasteiger partial charge in [-0.1, -0.05) is 13.8 Å². The molecule has 0 aliphatic carbocycles. The third-order valence-electron chi connectivity index (χ3n) is 2.22. The minimum atomic E-state index is -0.323. The second-order valence-corrected chi connectivity index (χ2v) is 6.57. The van der Waals surface area contributed by atoms with E-state index in [1.807, 2.05) is 12.1 Å². The van der Waals surface area contributed by atoms with E-state index in [0.717, 1.165) is 15.1 Å². The van der Waals surface area contributed by atoms with Crippen LogP contribution in [0, 0.1) is 5.92 Å². The Morgan fingerprint density at radius 3 is 2.88 bits per heavy atom. The van der Waals surface area contributed by atoms with E-state index in [-0.39, 0.29) is 12.0 Å². The zero-order chi connectivity index (χ0) is 11.7. The second kappa shape index (κ2) is 4.67. The van der Waals surface area contributed by atoms with E-state index >= 15 is 0 Å². The molecule has 0 aromatic carbocycles. The summed E-state index contributed by atoms with van der Waals surface area (Å²) in [6, 6.07) is 3.50. The second-order valence-electron chi connectivity index (χ2n) is 4.10. The highest BCUT2D eigenvalue weighted by Crippen LogP contribution is 2.26. The van der Waals surface area contributed by atoms with Crippen LogP contribution >= 0.6 is 27.3 Å². The maximum absolute atomic E-state index is 11.6. The molecule has 0 saturated carbocycles. The van der Waals surface area contributed by atoms with Gasteiger partial charge in [0.05, 0.1) is 8.66 Å². The number of thiophene rings is 1. The average Bonchev–Trinajstić information content (AvgIpc) is 2.74. The summed E-state index contributed by atoms with van der Waals surface area (Å²) in [4.78, 5) is 16.8. The Balaban J connectivity index is 2.16. The number of hydrogen-bond acceptors (Lipinski definition) is 4. The first-order valence-electron chi connectivity index (χ1n) is 5.11. The van der Waals surface area contributed by atoms with Crippen LogP contribution in [0.1, 0.15) is 25.1 Å². The molecule has 86 valence electrons. The zero-order valence-electron chi connectivity index (χ0n) is 9.07. The van der Waals surface area contributed by atoms with Crippen molar-refractivity contribution in [2.45, 2.75) is 26.3 Å². The molecular weight excluding hydrogens is 290 g/mol. The van der Waals surface area contributed by atoms with Crippen molar-refractivity contribution >= 4 is 39.1 Å². The Kier molecular flexibility index (Phi) is 3.44. The van der Waals surface area contributed by atoms with E-state index < -0.39 is 0 Å². The molecule has 1 aliphatic rings. The third-order valence-corrected chi connectivity index (χ3v) is 3.83. The molecule has 2 heterocycles. The lowest BCUT2D eigenvalue weighted by atomic mass is 10.1. The number of hydrogen-bond donors (Lipinski definition) is 0. The topological polar surface area (TPSA) is 38.7 Å². The van der Waals surface area contributed by atoms with Crippen molar-refractivity contribution in [1.82, 2.24) is 0 Å². The Morgan fingerprint density at radius 2 is 2.31 bits per heavy atom. The lowest BCUT2D eigenvalue weighted by Crippen LogP contribution is -2.17. The van der Waals surface area contributed by atoms with Crippen molar-refractivity contribution in [2.24, 2.45) is 10.9 Å². The van der Waals surface area contributed by atoms with Gasteiger partial charge in [0.2, 0.25) is 5.90 Å². The summed E-state index contributed by atoms with van der Waals surface area (Å²) in [5.74, 6) is 0.676. The fraction of sp³-hybridized carbons (Fsp3) is 0.455. The molecule has 0 bridgehead atoms. The fourth-order valence-electron chi connectivity index (χ4n) is 1.52. The van der Waals surface area contributed by atoms with Gasteiger partial charge in [0, 0.05) is 0 Å². The first-order chi connectivity index (χ1) is 7.56. The normalized spacial score (nSPS) is 20.1. The maximum atomic E-state index is 11.6. The molecule has 0 saturated heterocycles. The van der Waals surface area contributed by atoms with Gasteiger partial charge in [-0.2, -0.15) is 0 Å². The van der Waals surface area contributed by atoms with Crippen LogP contribution < -0.4 is 0 Å². The van der Waals surface area contributed by atoms with Crippen molar-refractivity contribution < 1.29 is 9.53 Å². The summed E-state index contributed by atoms with van der Waals surface area (Å²) in [6.07, 6.45) is 0.745. The molecule has 1 atom stereocenters. The van der Waals surface area contributed by atoms with Gasteiger partial charge in [-0.15, -0.1) is 11.3 Å². The lowest BCUT2D eigenvalue weighted by molar-refractivity contribution is -0.135. The molecule has 1 aromatic heterocycles. The molecule has 1 aromatic rings. The van der Waals surface area contributed by atoms with Crippen LogP contribution in [0.15, 0.2) is 20.9 Å². The van der Waals surface area contributed by atoms with E-state index in [0.29, 0.717) is 11.8 Å². The van der Waals surface area contributed by atoms with Gasteiger partial charge in [-0.25, -0.2) is 9.79 Å². The summed E-state index contributed by atoms with van der Waals surface area (Å²) in [7, 11) is 0. The number of cyclic esters (lactones) is 1. The molecule has 0 N–H and O–H groups in total. The maximum Gasteiger partial charge on any atom is 0.337 e. The van der Waals surface area contributed by atoms with Gasteiger partial charge in [0.25, 0.3) is 0 Å². The van der Waals surface area contributed by atoms with Crippen LogP contribution in [-0.4, -0.2) is 17.9 Å². The van der Waals surface area contributed by atoms with Gasteiger partial charge >= 0.3 is 5.97 Å². The van der Waals surface area contributed by atoms with Crippen LogP contribution in [-0.2, 0) is 9.53 Å². The standard InChI is InChI=1S/C11H12BrNO2S/c1-6(2)5-7-11(14)15-10(13-7)8-3-4-9(12)16-8/h3-4,6-7H,5H2,1-2H3. The van der Waals surface area contributed by atoms with Gasteiger partial charge < -0.3 is 4.74 Å². The summed E-state index contributed by atoms with van der Waals surface area (Å²) < 4.78 is 6.18. The number of rotatable bonds is 3. The number of nitrogens with zero attached hydrogens (tertiary/aromatic N) is 1. The van der Waals surface area contributed by atoms with Crippen molar-refractivity contribution in [2.75, 3.05) is 0 Å². The minimum absolute atomic E-state index is 0.228. The first kappa shape index (κ1) is 11.8. The van der Waals surface area contributed by atoms with Crippen LogP contribution in [0.4, 0.5) is 0 Å². The number of ether oxygens (including phenoxy) is 1. The van der Waals surface area contributed by atoms with Crippen LogP contribution in [0.25, 0.3) is 0 Å². The van der Waals surface area contributed by atoms with Crippen molar-refractivity contribution in [3.05, 3.63) is 20.8 Å². The molecule has 5 heteroatoms. The number of aliphatic imine (C=N–C) groups is 1. The van der Waals surface area contributed by atoms with Gasteiger partial charge in [-0.05, 0) is 40.4 Å². The first-order valence-corrected chi connectivity index (χ1v) is 6.72. The average molecular weight is 302 g/mol. The summed E-state index contributed by atoms with van der Waals surface area (Å²) in [5, 5.41) is 0. The highest BCUT2D eigenvalue weighted by Gasteiger charge is 2.30. The fourth-order valence-corrected chi connectivity index (χ4v) is 2.84. The van der Waals surface area contributed by atoms with Crippen LogP contribution in [0.2, 0.25) is 0 Å². The largest absolute Gasteiger partial charge is 0.405 e. The Labute approximate surface area is 107 Å². The highest BCUT2D eigenvalue weighted by molar-refractivity contribution is 9.11. The molecular formula is C11H12BrNO2S. The molecule has 1 aliphatic heterocycles. The smallest absolute Gasteiger partial charge is 0.337 e. The van der Waals surface area contributed by atoms with Gasteiger partial charge in [0.1, 0.15) is 0 Å². The van der Waals surface area contributed by atoms with E-state index in [1.54, 1.807) is 0 Å². The Bertz CT molecular complexity index is 439. The summed E-state index contributed by atoms with van der Waals surface area (Å²) >= 11 is 4.89.